The van der Waals surface area contributed by atoms with Gasteiger partial charge < -0.3 is 10.2 Å². The minimum atomic E-state index is -0.334. The summed E-state index contributed by atoms with van der Waals surface area (Å²) in [6.07, 6.45) is 1.27. The maximum absolute atomic E-state index is 13.3. The first-order chi connectivity index (χ1) is 6.83. The fourth-order valence-electron chi connectivity index (χ4n) is 1.28. The lowest BCUT2D eigenvalue weighted by Gasteiger charge is -1.99. The van der Waals surface area contributed by atoms with E-state index in [4.69, 9.17) is 10.2 Å². The Balaban J connectivity index is 2.54. The molecule has 0 bridgehead atoms. The molecule has 1 heterocycles. The molecule has 0 saturated carbocycles. The molecule has 0 amide bonds. The van der Waals surface area contributed by atoms with Crippen LogP contribution >= 0.6 is 0 Å². The highest BCUT2D eigenvalue weighted by molar-refractivity contribution is 5.60. The quantitative estimate of drug-likeness (QED) is 0.791. The number of rotatable bonds is 2. The smallest absolute Gasteiger partial charge is 0.181 e. The van der Waals surface area contributed by atoms with Crippen molar-refractivity contribution in [3.63, 3.8) is 0 Å². The highest BCUT2D eigenvalue weighted by Gasteiger charge is 2.12. The molecular weight excluding hydrogens is 183 g/mol. The molecule has 1 aromatic carbocycles. The van der Waals surface area contributed by atoms with Crippen LogP contribution in [0.1, 0.15) is 5.69 Å². The molecule has 1 aromatic heterocycles. The van der Waals surface area contributed by atoms with Crippen LogP contribution in [0, 0.1) is 5.82 Å². The van der Waals surface area contributed by atoms with Gasteiger partial charge in [-0.1, -0.05) is 12.1 Å². The average Bonchev–Trinajstić information content (AvgIpc) is 2.66. The number of nitrogens with zero attached hydrogens (tertiary/aromatic N) is 1. The van der Waals surface area contributed by atoms with E-state index in [1.54, 1.807) is 18.2 Å². The van der Waals surface area contributed by atoms with Crippen LogP contribution in [-0.4, -0.2) is 4.98 Å². The number of hydrogen-bond acceptors (Lipinski definition) is 3. The second-order valence-electron chi connectivity index (χ2n) is 2.81. The van der Waals surface area contributed by atoms with Gasteiger partial charge in [0, 0.05) is 6.54 Å². The number of benzene rings is 1. The van der Waals surface area contributed by atoms with E-state index in [1.165, 1.54) is 12.5 Å². The Hall–Kier alpha value is -1.68. The van der Waals surface area contributed by atoms with Gasteiger partial charge in [0.15, 0.2) is 12.2 Å². The summed E-state index contributed by atoms with van der Waals surface area (Å²) in [5.41, 5.74) is 6.40. The maximum Gasteiger partial charge on any atom is 0.181 e. The van der Waals surface area contributed by atoms with Crippen LogP contribution in [0.2, 0.25) is 0 Å². The van der Waals surface area contributed by atoms with Crippen molar-refractivity contribution in [3.05, 3.63) is 42.2 Å². The zero-order valence-corrected chi connectivity index (χ0v) is 7.40. The maximum atomic E-state index is 13.3. The molecule has 2 aromatic rings. The number of hydrogen-bond donors (Lipinski definition) is 1. The molecule has 72 valence electrons. The van der Waals surface area contributed by atoms with Crippen LogP contribution in [-0.2, 0) is 6.54 Å². The first-order valence-corrected chi connectivity index (χ1v) is 4.20. The summed E-state index contributed by atoms with van der Waals surface area (Å²) in [6.45, 7) is 0.236. The lowest BCUT2D eigenvalue weighted by Crippen LogP contribution is -1.98. The van der Waals surface area contributed by atoms with Crippen molar-refractivity contribution in [1.82, 2.24) is 4.98 Å². The molecule has 0 radical (unpaired) electrons. The fraction of sp³-hybridized carbons (Fsp3) is 0.100. The van der Waals surface area contributed by atoms with E-state index < -0.39 is 0 Å². The van der Waals surface area contributed by atoms with Gasteiger partial charge in [-0.3, -0.25) is 0 Å². The number of aromatic nitrogens is 1. The van der Waals surface area contributed by atoms with Gasteiger partial charge in [0.2, 0.25) is 0 Å². The third-order valence-corrected chi connectivity index (χ3v) is 1.95. The van der Waals surface area contributed by atoms with Crippen LogP contribution in [0.15, 0.2) is 35.1 Å². The summed E-state index contributed by atoms with van der Waals surface area (Å²) < 4.78 is 18.4. The van der Waals surface area contributed by atoms with Crippen molar-refractivity contribution in [3.8, 4) is 11.3 Å². The molecule has 0 spiro atoms. The van der Waals surface area contributed by atoms with E-state index in [2.05, 4.69) is 4.98 Å². The van der Waals surface area contributed by atoms with E-state index in [9.17, 15) is 4.39 Å². The lowest BCUT2D eigenvalue weighted by atomic mass is 10.1. The van der Waals surface area contributed by atoms with Crippen molar-refractivity contribution >= 4 is 0 Å². The Kier molecular flexibility index (Phi) is 2.28. The van der Waals surface area contributed by atoms with Crippen LogP contribution in [0.4, 0.5) is 4.39 Å². The average molecular weight is 192 g/mol. The predicted molar refractivity (Wildman–Crippen MR) is 49.8 cm³/mol. The molecule has 4 heteroatoms. The van der Waals surface area contributed by atoms with Gasteiger partial charge in [-0.25, -0.2) is 9.37 Å². The molecule has 0 aliphatic carbocycles. The first kappa shape index (κ1) is 8.90. The Bertz CT molecular complexity index is 439. The van der Waals surface area contributed by atoms with Crippen LogP contribution < -0.4 is 5.73 Å². The third kappa shape index (κ3) is 1.40. The largest absolute Gasteiger partial charge is 0.443 e. The molecule has 2 N–H and O–H groups in total. The minimum absolute atomic E-state index is 0.236. The Morgan fingerprint density at radius 3 is 2.86 bits per heavy atom. The van der Waals surface area contributed by atoms with Crippen molar-refractivity contribution in [2.24, 2.45) is 5.73 Å². The minimum Gasteiger partial charge on any atom is -0.443 e. The summed E-state index contributed by atoms with van der Waals surface area (Å²) in [7, 11) is 0. The van der Waals surface area contributed by atoms with Crippen molar-refractivity contribution in [2.75, 3.05) is 0 Å². The molecule has 2 rings (SSSR count). The predicted octanol–water partition coefficient (Wildman–Crippen LogP) is 1.94. The molecule has 3 nitrogen and oxygen atoms in total. The molecule has 14 heavy (non-hydrogen) atoms. The summed E-state index contributed by atoms with van der Waals surface area (Å²) in [4.78, 5) is 3.89. The van der Waals surface area contributed by atoms with Crippen LogP contribution in [0.3, 0.4) is 0 Å². The lowest BCUT2D eigenvalue weighted by molar-refractivity contribution is 0.560. The van der Waals surface area contributed by atoms with Gasteiger partial charge in [-0.15, -0.1) is 0 Å². The highest BCUT2D eigenvalue weighted by atomic mass is 19.1. The summed E-state index contributed by atoms with van der Waals surface area (Å²) >= 11 is 0. The van der Waals surface area contributed by atoms with Gasteiger partial charge in [0.05, 0.1) is 5.56 Å². The van der Waals surface area contributed by atoms with E-state index in [-0.39, 0.29) is 12.4 Å². The van der Waals surface area contributed by atoms with E-state index in [1.807, 2.05) is 0 Å². The van der Waals surface area contributed by atoms with Gasteiger partial charge in [-0.05, 0) is 12.1 Å². The van der Waals surface area contributed by atoms with Gasteiger partial charge in [0.1, 0.15) is 11.5 Å². The van der Waals surface area contributed by atoms with Gasteiger partial charge in [-0.2, -0.15) is 0 Å². The first-order valence-electron chi connectivity index (χ1n) is 4.20. The molecular formula is C10H9FN2O. The second-order valence-corrected chi connectivity index (χ2v) is 2.81. The topological polar surface area (TPSA) is 52.0 Å². The van der Waals surface area contributed by atoms with Crippen molar-refractivity contribution in [1.29, 1.82) is 0 Å². The Morgan fingerprint density at radius 1 is 1.36 bits per heavy atom. The fourth-order valence-corrected chi connectivity index (χ4v) is 1.28. The number of nitrogens with two attached hydrogens (primary N) is 1. The molecule has 0 unspecified atom stereocenters. The summed E-state index contributed by atoms with van der Waals surface area (Å²) in [6, 6.07) is 6.37. The van der Waals surface area contributed by atoms with Gasteiger partial charge in [0.25, 0.3) is 0 Å². The molecule has 0 fully saturated rings. The van der Waals surface area contributed by atoms with E-state index >= 15 is 0 Å². The molecule has 0 aliphatic rings. The number of oxazole rings is 1. The van der Waals surface area contributed by atoms with E-state index in [0.29, 0.717) is 17.0 Å². The van der Waals surface area contributed by atoms with Crippen molar-refractivity contribution < 1.29 is 8.81 Å². The summed E-state index contributed by atoms with van der Waals surface area (Å²) in [5, 5.41) is 0. The SMILES string of the molecule is NCc1ncoc1-c1ccccc1F. The van der Waals surface area contributed by atoms with Gasteiger partial charge >= 0.3 is 0 Å². The zero-order chi connectivity index (χ0) is 9.97. The normalized spacial score (nSPS) is 10.4. The number of halogens is 1. The molecule has 0 atom stereocenters. The standard InChI is InChI=1S/C10H9FN2O/c11-8-4-2-1-3-7(8)10-9(5-12)13-6-14-10/h1-4,6H,5,12H2. The van der Waals surface area contributed by atoms with Crippen LogP contribution in [0.5, 0.6) is 0 Å². The Morgan fingerprint density at radius 2 is 2.14 bits per heavy atom. The van der Waals surface area contributed by atoms with E-state index in [0.717, 1.165) is 0 Å². The molecule has 0 aliphatic heterocycles. The van der Waals surface area contributed by atoms with Crippen molar-refractivity contribution in [2.45, 2.75) is 6.54 Å². The Labute approximate surface area is 80.4 Å². The highest BCUT2D eigenvalue weighted by Crippen LogP contribution is 2.25. The zero-order valence-electron chi connectivity index (χ0n) is 7.40. The third-order valence-electron chi connectivity index (χ3n) is 1.95. The van der Waals surface area contributed by atoms with Crippen LogP contribution in [0.25, 0.3) is 11.3 Å². The molecule has 0 saturated heterocycles. The monoisotopic (exact) mass is 192 g/mol. The summed E-state index contributed by atoms with van der Waals surface area (Å²) in [5.74, 6) is 0.0737. The second kappa shape index (κ2) is 3.59.